The Morgan fingerprint density at radius 1 is 1.31 bits per heavy atom. The fourth-order valence-electron chi connectivity index (χ4n) is 2.55. The highest BCUT2D eigenvalue weighted by Crippen LogP contribution is 2.15. The molecule has 1 amide bonds. The van der Waals surface area contributed by atoms with Gasteiger partial charge in [0, 0.05) is 12.6 Å². The SMILES string of the molecule is COc1cccc(Cn2cc(NC(=O)CCn3ncc(Cl)c3C)cn2)c1. The van der Waals surface area contributed by atoms with Gasteiger partial charge in [0.05, 0.1) is 49.0 Å². The van der Waals surface area contributed by atoms with Gasteiger partial charge in [-0.05, 0) is 24.6 Å². The molecule has 7 nitrogen and oxygen atoms in total. The minimum atomic E-state index is -0.100. The molecule has 0 saturated heterocycles. The molecule has 26 heavy (non-hydrogen) atoms. The van der Waals surface area contributed by atoms with Crippen molar-refractivity contribution in [1.29, 1.82) is 0 Å². The molecule has 0 aliphatic heterocycles. The topological polar surface area (TPSA) is 74.0 Å². The van der Waals surface area contributed by atoms with Gasteiger partial charge < -0.3 is 10.1 Å². The average molecular weight is 374 g/mol. The summed E-state index contributed by atoms with van der Waals surface area (Å²) in [7, 11) is 1.64. The molecule has 0 aliphatic rings. The standard InChI is InChI=1S/C18H20ClN5O2/c1-13-17(19)10-21-24(13)7-6-18(25)22-15-9-20-23(12-15)11-14-4-3-5-16(8-14)26-2/h3-5,8-10,12H,6-7,11H2,1-2H3,(H,22,25). The number of nitrogens with zero attached hydrogens (tertiary/aromatic N) is 4. The molecule has 0 fully saturated rings. The first-order valence-electron chi connectivity index (χ1n) is 8.18. The second kappa shape index (κ2) is 8.05. The Balaban J connectivity index is 1.54. The minimum absolute atomic E-state index is 0.100. The number of halogens is 1. The van der Waals surface area contributed by atoms with Crippen molar-refractivity contribution in [3.05, 3.63) is 59.1 Å². The molecule has 136 valence electrons. The average Bonchev–Trinajstić information content (AvgIpc) is 3.20. The fourth-order valence-corrected chi connectivity index (χ4v) is 2.69. The number of hydrogen-bond acceptors (Lipinski definition) is 4. The highest BCUT2D eigenvalue weighted by molar-refractivity contribution is 6.31. The fraction of sp³-hybridized carbons (Fsp3) is 0.278. The molecule has 0 radical (unpaired) electrons. The van der Waals surface area contributed by atoms with Crippen LogP contribution >= 0.6 is 11.6 Å². The summed E-state index contributed by atoms with van der Waals surface area (Å²) < 4.78 is 8.70. The summed E-state index contributed by atoms with van der Waals surface area (Å²) in [6, 6.07) is 7.79. The van der Waals surface area contributed by atoms with Gasteiger partial charge in [0.1, 0.15) is 5.75 Å². The van der Waals surface area contributed by atoms with Gasteiger partial charge in [-0.25, -0.2) is 0 Å². The zero-order valence-electron chi connectivity index (χ0n) is 14.6. The van der Waals surface area contributed by atoms with Gasteiger partial charge in [-0.1, -0.05) is 23.7 Å². The summed E-state index contributed by atoms with van der Waals surface area (Å²) >= 11 is 5.96. The Kier molecular flexibility index (Phi) is 5.58. The van der Waals surface area contributed by atoms with Crippen molar-refractivity contribution in [1.82, 2.24) is 19.6 Å². The van der Waals surface area contributed by atoms with Crippen molar-refractivity contribution >= 4 is 23.2 Å². The van der Waals surface area contributed by atoms with Crippen molar-refractivity contribution in [2.45, 2.75) is 26.4 Å². The minimum Gasteiger partial charge on any atom is -0.497 e. The van der Waals surface area contributed by atoms with Crippen LogP contribution < -0.4 is 10.1 Å². The number of methoxy groups -OCH3 is 1. The van der Waals surface area contributed by atoms with Crippen LogP contribution in [0.3, 0.4) is 0 Å². The number of aromatic nitrogens is 4. The predicted octanol–water partition coefficient (Wildman–Crippen LogP) is 3.13. The summed E-state index contributed by atoms with van der Waals surface area (Å²) in [6.45, 7) is 2.94. The third kappa shape index (κ3) is 4.43. The third-order valence-electron chi connectivity index (χ3n) is 3.99. The predicted molar refractivity (Wildman–Crippen MR) is 99.5 cm³/mol. The number of ether oxygens (including phenoxy) is 1. The largest absolute Gasteiger partial charge is 0.497 e. The Labute approximate surface area is 156 Å². The first-order chi connectivity index (χ1) is 12.5. The highest BCUT2D eigenvalue weighted by atomic mass is 35.5. The van der Waals surface area contributed by atoms with Gasteiger partial charge in [-0.3, -0.25) is 14.2 Å². The van der Waals surface area contributed by atoms with Crippen molar-refractivity contribution in [2.24, 2.45) is 0 Å². The number of aryl methyl sites for hydroxylation is 1. The van der Waals surface area contributed by atoms with Gasteiger partial charge in [0.2, 0.25) is 5.91 Å². The summed E-state index contributed by atoms with van der Waals surface area (Å²) in [6.07, 6.45) is 5.32. The van der Waals surface area contributed by atoms with Crippen LogP contribution in [0, 0.1) is 6.92 Å². The quantitative estimate of drug-likeness (QED) is 0.690. The number of benzene rings is 1. The molecule has 1 N–H and O–H groups in total. The lowest BCUT2D eigenvalue weighted by Gasteiger charge is -2.05. The Hall–Kier alpha value is -2.80. The van der Waals surface area contributed by atoms with Gasteiger partial charge in [-0.2, -0.15) is 10.2 Å². The molecule has 8 heteroatoms. The van der Waals surface area contributed by atoms with Gasteiger partial charge in [-0.15, -0.1) is 0 Å². The number of nitrogens with one attached hydrogen (secondary N) is 1. The number of anilines is 1. The first-order valence-corrected chi connectivity index (χ1v) is 8.56. The van der Waals surface area contributed by atoms with Crippen LogP contribution in [0.4, 0.5) is 5.69 Å². The van der Waals surface area contributed by atoms with E-state index in [0.717, 1.165) is 17.0 Å². The molecule has 0 bridgehead atoms. The van der Waals surface area contributed by atoms with E-state index >= 15 is 0 Å². The molecular formula is C18H20ClN5O2. The van der Waals surface area contributed by atoms with E-state index in [1.807, 2.05) is 31.2 Å². The van der Waals surface area contributed by atoms with Crippen LogP contribution in [-0.4, -0.2) is 32.6 Å². The summed E-state index contributed by atoms with van der Waals surface area (Å²) in [5, 5.41) is 11.9. The van der Waals surface area contributed by atoms with Crippen LogP contribution in [0.5, 0.6) is 5.75 Å². The number of rotatable bonds is 7. The van der Waals surface area contributed by atoms with E-state index < -0.39 is 0 Å². The molecule has 2 aromatic heterocycles. The molecule has 0 spiro atoms. The first kappa shape index (κ1) is 18.0. The lowest BCUT2D eigenvalue weighted by molar-refractivity contribution is -0.116. The Morgan fingerprint density at radius 3 is 2.88 bits per heavy atom. The van der Waals surface area contributed by atoms with E-state index in [0.29, 0.717) is 30.2 Å². The Bertz CT molecular complexity index is 903. The molecule has 3 aromatic rings. The van der Waals surface area contributed by atoms with E-state index in [2.05, 4.69) is 15.5 Å². The Morgan fingerprint density at radius 2 is 2.15 bits per heavy atom. The van der Waals surface area contributed by atoms with E-state index in [1.165, 1.54) is 0 Å². The molecule has 1 aromatic carbocycles. The molecule has 0 saturated carbocycles. The number of carbonyl (C=O) groups excluding carboxylic acids is 1. The molecule has 0 atom stereocenters. The molecule has 2 heterocycles. The number of carbonyl (C=O) groups is 1. The van der Waals surface area contributed by atoms with Crippen molar-refractivity contribution < 1.29 is 9.53 Å². The van der Waals surface area contributed by atoms with Crippen LogP contribution in [-0.2, 0) is 17.9 Å². The smallest absolute Gasteiger partial charge is 0.226 e. The lowest BCUT2D eigenvalue weighted by atomic mass is 10.2. The van der Waals surface area contributed by atoms with E-state index in [-0.39, 0.29) is 5.91 Å². The van der Waals surface area contributed by atoms with Crippen molar-refractivity contribution in [3.8, 4) is 5.75 Å². The van der Waals surface area contributed by atoms with Crippen LogP contribution in [0.1, 0.15) is 17.7 Å². The highest BCUT2D eigenvalue weighted by Gasteiger charge is 2.08. The second-order valence-corrected chi connectivity index (χ2v) is 6.28. The normalized spacial score (nSPS) is 10.7. The zero-order chi connectivity index (χ0) is 18.5. The maximum absolute atomic E-state index is 12.1. The molecule has 0 aliphatic carbocycles. The van der Waals surface area contributed by atoms with Gasteiger partial charge >= 0.3 is 0 Å². The summed E-state index contributed by atoms with van der Waals surface area (Å²) in [5.74, 6) is 0.703. The zero-order valence-corrected chi connectivity index (χ0v) is 15.4. The summed E-state index contributed by atoms with van der Waals surface area (Å²) in [4.78, 5) is 12.1. The van der Waals surface area contributed by atoms with Crippen LogP contribution in [0.2, 0.25) is 5.02 Å². The van der Waals surface area contributed by atoms with Gasteiger partial charge in [0.15, 0.2) is 0 Å². The van der Waals surface area contributed by atoms with Crippen LogP contribution in [0.15, 0.2) is 42.9 Å². The third-order valence-corrected chi connectivity index (χ3v) is 4.36. The van der Waals surface area contributed by atoms with Crippen molar-refractivity contribution in [2.75, 3.05) is 12.4 Å². The van der Waals surface area contributed by atoms with Crippen molar-refractivity contribution in [3.63, 3.8) is 0 Å². The number of amides is 1. The monoisotopic (exact) mass is 373 g/mol. The van der Waals surface area contributed by atoms with E-state index in [9.17, 15) is 4.79 Å². The molecule has 0 unspecified atom stereocenters. The maximum atomic E-state index is 12.1. The van der Waals surface area contributed by atoms with Gasteiger partial charge in [0.25, 0.3) is 0 Å². The van der Waals surface area contributed by atoms with E-state index in [4.69, 9.17) is 16.3 Å². The second-order valence-electron chi connectivity index (χ2n) is 5.88. The van der Waals surface area contributed by atoms with E-state index in [1.54, 1.807) is 35.1 Å². The summed E-state index contributed by atoms with van der Waals surface area (Å²) in [5.41, 5.74) is 2.58. The number of hydrogen-bond donors (Lipinski definition) is 1. The lowest BCUT2D eigenvalue weighted by Crippen LogP contribution is -2.15. The molecule has 3 rings (SSSR count). The molecular weight excluding hydrogens is 354 g/mol. The maximum Gasteiger partial charge on any atom is 0.226 e. The van der Waals surface area contributed by atoms with Crippen LogP contribution in [0.25, 0.3) is 0 Å².